The molecule has 0 radical (unpaired) electrons. The van der Waals surface area contributed by atoms with Gasteiger partial charge in [0.25, 0.3) is 17.7 Å². The second-order valence-electron chi connectivity index (χ2n) is 8.21. The summed E-state index contributed by atoms with van der Waals surface area (Å²) in [6, 6.07) is 19.1. The summed E-state index contributed by atoms with van der Waals surface area (Å²) < 4.78 is 11.3. The quantitative estimate of drug-likeness (QED) is 0.454. The van der Waals surface area contributed by atoms with Gasteiger partial charge in [0.15, 0.2) is 11.5 Å². The predicted molar refractivity (Wildman–Crippen MR) is 132 cm³/mol. The second kappa shape index (κ2) is 10.4. The molecule has 0 fully saturated rings. The van der Waals surface area contributed by atoms with Gasteiger partial charge in [-0.3, -0.25) is 19.3 Å². The molecule has 35 heavy (non-hydrogen) atoms. The number of hydrogen-bond donors (Lipinski definition) is 1. The van der Waals surface area contributed by atoms with Gasteiger partial charge in [-0.05, 0) is 68.3 Å². The minimum Gasteiger partial charge on any atom is -0.490 e. The number of rotatable bonds is 9. The van der Waals surface area contributed by atoms with E-state index in [9.17, 15) is 14.4 Å². The van der Waals surface area contributed by atoms with Crippen LogP contribution in [0.3, 0.4) is 0 Å². The third kappa shape index (κ3) is 5.04. The lowest BCUT2D eigenvalue weighted by Crippen LogP contribution is -2.29. The van der Waals surface area contributed by atoms with E-state index in [-0.39, 0.29) is 30.3 Å². The maximum absolute atomic E-state index is 12.8. The van der Waals surface area contributed by atoms with Crippen molar-refractivity contribution >= 4 is 17.7 Å². The molecule has 180 valence electrons. The lowest BCUT2D eigenvalue weighted by Gasteiger charge is -2.18. The van der Waals surface area contributed by atoms with Crippen LogP contribution in [0.1, 0.15) is 69.0 Å². The molecule has 7 heteroatoms. The monoisotopic (exact) mass is 472 g/mol. The number of fused-ring (bicyclic) bond motifs is 1. The van der Waals surface area contributed by atoms with Crippen molar-refractivity contribution in [3.63, 3.8) is 0 Å². The molecule has 0 aromatic heterocycles. The van der Waals surface area contributed by atoms with Gasteiger partial charge in [-0.15, -0.1) is 0 Å². The molecule has 0 saturated heterocycles. The van der Waals surface area contributed by atoms with Gasteiger partial charge in [0.05, 0.1) is 36.9 Å². The first-order chi connectivity index (χ1) is 16.9. The number of nitrogens with zero attached hydrogens (tertiary/aromatic N) is 1. The van der Waals surface area contributed by atoms with Gasteiger partial charge >= 0.3 is 0 Å². The van der Waals surface area contributed by atoms with Crippen molar-refractivity contribution in [1.82, 2.24) is 10.2 Å². The Hall–Kier alpha value is -4.13. The van der Waals surface area contributed by atoms with Crippen LogP contribution >= 0.6 is 0 Å². The summed E-state index contributed by atoms with van der Waals surface area (Å²) in [6.45, 7) is 6.92. The highest BCUT2D eigenvalue weighted by Gasteiger charge is 2.34. The number of nitrogens with one attached hydrogen (secondary N) is 1. The van der Waals surface area contributed by atoms with Crippen molar-refractivity contribution in [1.29, 1.82) is 0 Å². The zero-order valence-electron chi connectivity index (χ0n) is 20.0. The Balaban J connectivity index is 1.41. The van der Waals surface area contributed by atoms with E-state index >= 15 is 0 Å². The molecule has 7 nitrogen and oxygen atoms in total. The van der Waals surface area contributed by atoms with E-state index in [4.69, 9.17) is 9.47 Å². The third-order valence-corrected chi connectivity index (χ3v) is 5.85. The molecule has 1 aliphatic heterocycles. The van der Waals surface area contributed by atoms with Crippen LogP contribution in [0.2, 0.25) is 0 Å². The molecule has 4 rings (SSSR count). The van der Waals surface area contributed by atoms with Crippen LogP contribution in [0.4, 0.5) is 0 Å². The molecule has 1 N–H and O–H groups in total. The molecule has 1 heterocycles. The fourth-order valence-corrected chi connectivity index (χ4v) is 4.03. The van der Waals surface area contributed by atoms with Gasteiger partial charge in [-0.1, -0.05) is 30.3 Å². The van der Waals surface area contributed by atoms with Crippen LogP contribution < -0.4 is 14.8 Å². The third-order valence-electron chi connectivity index (χ3n) is 5.85. The highest BCUT2D eigenvalue weighted by molar-refractivity contribution is 6.21. The number of benzene rings is 3. The summed E-state index contributed by atoms with van der Waals surface area (Å²) in [5.41, 5.74) is 2.98. The van der Waals surface area contributed by atoms with Crippen LogP contribution in [-0.2, 0) is 6.54 Å². The fraction of sp³-hybridized carbons (Fsp3) is 0.250. The maximum atomic E-state index is 12.8. The molecule has 0 saturated carbocycles. The highest BCUT2D eigenvalue weighted by Crippen LogP contribution is 2.31. The van der Waals surface area contributed by atoms with Gasteiger partial charge in [0, 0.05) is 5.56 Å². The lowest BCUT2D eigenvalue weighted by atomic mass is 10.1. The molecule has 3 aromatic carbocycles. The van der Waals surface area contributed by atoms with Crippen LogP contribution in [-0.4, -0.2) is 35.8 Å². The topological polar surface area (TPSA) is 84.9 Å². The predicted octanol–water partition coefficient (Wildman–Crippen LogP) is 4.77. The van der Waals surface area contributed by atoms with E-state index in [1.54, 1.807) is 48.5 Å². The highest BCUT2D eigenvalue weighted by atomic mass is 16.5. The van der Waals surface area contributed by atoms with Crippen LogP contribution in [0, 0.1) is 0 Å². The van der Waals surface area contributed by atoms with E-state index in [0.717, 1.165) is 11.1 Å². The van der Waals surface area contributed by atoms with Crippen molar-refractivity contribution in [2.75, 3.05) is 13.2 Å². The van der Waals surface area contributed by atoms with Gasteiger partial charge in [-0.25, -0.2) is 0 Å². The number of amides is 3. The molecular formula is C28H28N2O5. The average Bonchev–Trinajstić information content (AvgIpc) is 3.10. The second-order valence-corrected chi connectivity index (χ2v) is 8.21. The van der Waals surface area contributed by atoms with E-state index in [1.165, 1.54) is 4.90 Å². The number of carbonyl (C=O) groups excluding carboxylic acids is 3. The first-order valence-electron chi connectivity index (χ1n) is 11.7. The molecule has 0 spiro atoms. The number of hydrogen-bond acceptors (Lipinski definition) is 5. The first-order valence-corrected chi connectivity index (χ1v) is 11.7. The molecule has 3 aromatic rings. The van der Waals surface area contributed by atoms with Gasteiger partial charge in [0.2, 0.25) is 0 Å². The van der Waals surface area contributed by atoms with E-state index in [2.05, 4.69) is 5.32 Å². The Bertz CT molecular complexity index is 1220. The SMILES string of the molecule is CCOc1ccc(C(C)NC(=O)c2ccc(CN3C(=O)c4ccccc4C3=O)cc2)cc1OCC. The smallest absolute Gasteiger partial charge is 0.261 e. The van der Waals surface area contributed by atoms with E-state index in [0.29, 0.717) is 41.4 Å². The van der Waals surface area contributed by atoms with E-state index < -0.39 is 0 Å². The summed E-state index contributed by atoms with van der Waals surface area (Å²) in [4.78, 5) is 39.2. The number of imide groups is 1. The van der Waals surface area contributed by atoms with Gasteiger partial charge in [-0.2, -0.15) is 0 Å². The van der Waals surface area contributed by atoms with Gasteiger partial charge < -0.3 is 14.8 Å². The molecule has 3 amide bonds. The molecule has 0 aliphatic carbocycles. The largest absolute Gasteiger partial charge is 0.490 e. The summed E-state index contributed by atoms with van der Waals surface area (Å²) in [7, 11) is 0. The van der Waals surface area contributed by atoms with Crippen LogP contribution in [0.15, 0.2) is 66.7 Å². The van der Waals surface area contributed by atoms with Crippen molar-refractivity contribution < 1.29 is 23.9 Å². The fourth-order valence-electron chi connectivity index (χ4n) is 4.03. The summed E-state index contributed by atoms with van der Waals surface area (Å²) in [5.74, 6) is 0.485. The molecule has 1 unspecified atom stereocenters. The van der Waals surface area contributed by atoms with Crippen molar-refractivity contribution in [3.05, 3.63) is 94.5 Å². The lowest BCUT2D eigenvalue weighted by molar-refractivity contribution is 0.0641. The summed E-state index contributed by atoms with van der Waals surface area (Å²) in [5, 5.41) is 3.00. The zero-order chi connectivity index (χ0) is 24.9. The maximum Gasteiger partial charge on any atom is 0.261 e. The average molecular weight is 473 g/mol. The van der Waals surface area contributed by atoms with E-state index in [1.807, 2.05) is 39.0 Å². The van der Waals surface area contributed by atoms with Crippen molar-refractivity contribution in [3.8, 4) is 11.5 Å². The Labute approximate surface area is 204 Å². The Morgan fingerprint density at radius 3 is 2.06 bits per heavy atom. The molecular weight excluding hydrogens is 444 g/mol. The Morgan fingerprint density at radius 2 is 1.46 bits per heavy atom. The molecule has 1 atom stereocenters. The minimum absolute atomic E-state index is 0.150. The van der Waals surface area contributed by atoms with Crippen LogP contribution in [0.5, 0.6) is 11.5 Å². The molecule has 0 bridgehead atoms. The minimum atomic E-state index is -0.303. The Morgan fingerprint density at radius 1 is 0.857 bits per heavy atom. The first kappa shape index (κ1) is 24.0. The zero-order valence-corrected chi connectivity index (χ0v) is 20.0. The molecule has 1 aliphatic rings. The standard InChI is InChI=1S/C28H28N2O5/c1-4-34-24-15-14-21(16-25(24)35-5-2)18(3)29-26(31)20-12-10-19(11-13-20)17-30-27(32)22-8-6-7-9-23(22)28(30)33/h6-16,18H,4-5,17H2,1-3H3,(H,29,31). The summed E-state index contributed by atoms with van der Waals surface area (Å²) in [6.07, 6.45) is 0. The normalized spacial score (nSPS) is 13.4. The van der Waals surface area contributed by atoms with Crippen molar-refractivity contribution in [2.45, 2.75) is 33.4 Å². The summed E-state index contributed by atoms with van der Waals surface area (Å²) >= 11 is 0. The number of carbonyl (C=O) groups is 3. The number of ether oxygens (including phenoxy) is 2. The van der Waals surface area contributed by atoms with Crippen LogP contribution in [0.25, 0.3) is 0 Å². The Kier molecular flexibility index (Phi) is 7.15. The van der Waals surface area contributed by atoms with Crippen molar-refractivity contribution in [2.24, 2.45) is 0 Å². The van der Waals surface area contributed by atoms with Gasteiger partial charge in [0.1, 0.15) is 0 Å².